The molecule has 0 radical (unpaired) electrons. The molecule has 114 valence electrons. The third-order valence-electron chi connectivity index (χ3n) is 4.48. The van der Waals surface area contributed by atoms with Crippen molar-refractivity contribution in [3.63, 3.8) is 0 Å². The fraction of sp³-hybridized carbons (Fsp3) is 0.667. The molecule has 2 N–H and O–H groups in total. The average Bonchev–Trinajstić information content (AvgIpc) is 2.38. The summed E-state index contributed by atoms with van der Waals surface area (Å²) < 4.78 is 0. The van der Waals surface area contributed by atoms with E-state index in [0.717, 1.165) is 6.54 Å². The molecule has 2 heteroatoms. The topological polar surface area (TPSA) is 32.3 Å². The molecule has 1 aromatic carbocycles. The molecule has 2 unspecified atom stereocenters. The third kappa shape index (κ3) is 4.60. The molecule has 20 heavy (non-hydrogen) atoms. The van der Waals surface area contributed by atoms with Crippen molar-refractivity contribution in [3.05, 3.63) is 35.9 Å². The predicted molar refractivity (Wildman–Crippen MR) is 87.0 cm³/mol. The normalized spacial score (nSPS) is 15.9. The third-order valence-corrected chi connectivity index (χ3v) is 4.48. The Morgan fingerprint density at radius 1 is 1.05 bits per heavy atom. The molecule has 0 aliphatic rings. The first kappa shape index (κ1) is 17.2. The number of benzene rings is 1. The number of aliphatic hydroxyl groups excluding tert-OH is 1. The summed E-state index contributed by atoms with van der Waals surface area (Å²) in [5.74, 6) is 0.304. The van der Waals surface area contributed by atoms with E-state index in [1.54, 1.807) is 0 Å². The van der Waals surface area contributed by atoms with E-state index in [1.165, 1.54) is 5.56 Å². The van der Waals surface area contributed by atoms with E-state index in [4.69, 9.17) is 0 Å². The Morgan fingerprint density at radius 3 is 2.05 bits per heavy atom. The van der Waals surface area contributed by atoms with Crippen LogP contribution in [0.2, 0.25) is 0 Å². The van der Waals surface area contributed by atoms with Crippen LogP contribution in [0.1, 0.15) is 53.0 Å². The molecule has 2 nitrogen and oxygen atoms in total. The maximum atomic E-state index is 9.72. The van der Waals surface area contributed by atoms with Crippen molar-refractivity contribution >= 4 is 0 Å². The minimum absolute atomic E-state index is 0.133. The highest BCUT2D eigenvalue weighted by atomic mass is 16.3. The Balaban J connectivity index is 2.86. The van der Waals surface area contributed by atoms with Crippen LogP contribution in [0, 0.1) is 10.8 Å². The highest BCUT2D eigenvalue weighted by Crippen LogP contribution is 2.35. The van der Waals surface area contributed by atoms with E-state index < -0.39 is 0 Å². The quantitative estimate of drug-likeness (QED) is 0.828. The molecule has 0 bridgehead atoms. The lowest BCUT2D eigenvalue weighted by Crippen LogP contribution is -2.43. The summed E-state index contributed by atoms with van der Waals surface area (Å²) >= 11 is 0. The van der Waals surface area contributed by atoms with E-state index in [9.17, 15) is 5.11 Å². The van der Waals surface area contributed by atoms with Gasteiger partial charge in [0, 0.05) is 25.1 Å². The molecular formula is C18H31NO. The van der Waals surface area contributed by atoms with Crippen molar-refractivity contribution in [2.45, 2.75) is 53.5 Å². The lowest BCUT2D eigenvalue weighted by atomic mass is 9.75. The standard InChI is InChI=1S/C18H31NO/c1-14(17(2,3)4)19-12-16(18(5,6)13-20)15-10-8-7-9-11-15/h7-11,14,16,19-20H,12-13H2,1-6H3. The van der Waals surface area contributed by atoms with Crippen LogP contribution in [0.5, 0.6) is 0 Å². The lowest BCUT2D eigenvalue weighted by Gasteiger charge is -2.36. The van der Waals surface area contributed by atoms with E-state index in [2.05, 4.69) is 71.1 Å². The van der Waals surface area contributed by atoms with Crippen LogP contribution in [-0.2, 0) is 0 Å². The minimum atomic E-state index is -0.133. The van der Waals surface area contributed by atoms with Crippen LogP contribution in [0.4, 0.5) is 0 Å². The van der Waals surface area contributed by atoms with Crippen LogP contribution < -0.4 is 5.32 Å². The Morgan fingerprint density at radius 2 is 1.60 bits per heavy atom. The number of rotatable bonds is 6. The Kier molecular flexibility index (Phi) is 5.79. The van der Waals surface area contributed by atoms with Crippen molar-refractivity contribution in [1.29, 1.82) is 0 Å². The number of aliphatic hydroxyl groups is 1. The van der Waals surface area contributed by atoms with Crippen molar-refractivity contribution < 1.29 is 5.11 Å². The van der Waals surface area contributed by atoms with Gasteiger partial charge in [0.25, 0.3) is 0 Å². The zero-order valence-corrected chi connectivity index (χ0v) is 13.9. The van der Waals surface area contributed by atoms with E-state index in [0.29, 0.717) is 12.0 Å². The second-order valence-electron chi connectivity index (χ2n) is 7.61. The lowest BCUT2D eigenvalue weighted by molar-refractivity contribution is 0.124. The molecule has 0 aliphatic heterocycles. The molecule has 0 spiro atoms. The van der Waals surface area contributed by atoms with Crippen LogP contribution in [0.15, 0.2) is 30.3 Å². The number of hydrogen-bond donors (Lipinski definition) is 2. The van der Waals surface area contributed by atoms with Gasteiger partial charge in [-0.1, -0.05) is 65.0 Å². The zero-order valence-electron chi connectivity index (χ0n) is 13.9. The Labute approximate surface area is 124 Å². The summed E-state index contributed by atoms with van der Waals surface area (Å²) in [6, 6.07) is 10.9. The predicted octanol–water partition coefficient (Wildman–Crippen LogP) is 3.81. The fourth-order valence-corrected chi connectivity index (χ4v) is 2.24. The van der Waals surface area contributed by atoms with Crippen molar-refractivity contribution in [2.24, 2.45) is 10.8 Å². The summed E-state index contributed by atoms with van der Waals surface area (Å²) in [5, 5.41) is 13.4. The first-order valence-electron chi connectivity index (χ1n) is 7.57. The van der Waals surface area contributed by atoms with Crippen molar-refractivity contribution in [2.75, 3.05) is 13.2 Å². The second kappa shape index (κ2) is 6.73. The monoisotopic (exact) mass is 277 g/mol. The van der Waals surface area contributed by atoms with Gasteiger partial charge in [-0.2, -0.15) is 0 Å². The summed E-state index contributed by atoms with van der Waals surface area (Å²) in [6.07, 6.45) is 0. The van der Waals surface area contributed by atoms with Gasteiger partial charge in [-0.25, -0.2) is 0 Å². The van der Waals surface area contributed by atoms with Crippen LogP contribution >= 0.6 is 0 Å². The summed E-state index contributed by atoms with van der Waals surface area (Å²) in [5.41, 5.74) is 1.40. The highest BCUT2D eigenvalue weighted by molar-refractivity contribution is 5.22. The first-order chi connectivity index (χ1) is 9.18. The molecule has 2 atom stereocenters. The molecule has 1 aromatic rings. The highest BCUT2D eigenvalue weighted by Gasteiger charge is 2.31. The Bertz CT molecular complexity index is 392. The molecule has 0 amide bonds. The van der Waals surface area contributed by atoms with Gasteiger partial charge in [-0.05, 0) is 23.3 Å². The van der Waals surface area contributed by atoms with E-state index in [-0.39, 0.29) is 17.4 Å². The first-order valence-corrected chi connectivity index (χ1v) is 7.57. The van der Waals surface area contributed by atoms with Gasteiger partial charge in [-0.3, -0.25) is 0 Å². The smallest absolute Gasteiger partial charge is 0.0488 e. The van der Waals surface area contributed by atoms with Crippen molar-refractivity contribution in [1.82, 2.24) is 5.32 Å². The zero-order chi connectivity index (χ0) is 15.4. The second-order valence-corrected chi connectivity index (χ2v) is 7.61. The Hall–Kier alpha value is -0.860. The summed E-state index contributed by atoms with van der Waals surface area (Å²) in [4.78, 5) is 0. The van der Waals surface area contributed by atoms with Crippen molar-refractivity contribution in [3.8, 4) is 0 Å². The molecule has 0 saturated carbocycles. The molecule has 0 aliphatic carbocycles. The SMILES string of the molecule is CC(NCC(c1ccccc1)C(C)(C)CO)C(C)(C)C. The summed E-state index contributed by atoms with van der Waals surface area (Å²) in [7, 11) is 0. The average molecular weight is 277 g/mol. The van der Waals surface area contributed by atoms with Crippen LogP contribution in [0.25, 0.3) is 0 Å². The number of nitrogens with one attached hydrogen (secondary N) is 1. The van der Waals surface area contributed by atoms with Crippen LogP contribution in [-0.4, -0.2) is 24.3 Å². The molecule has 0 saturated heterocycles. The van der Waals surface area contributed by atoms with Crippen LogP contribution in [0.3, 0.4) is 0 Å². The van der Waals surface area contributed by atoms with Gasteiger partial charge in [-0.15, -0.1) is 0 Å². The summed E-state index contributed by atoms with van der Waals surface area (Å²) in [6.45, 7) is 14.3. The molecule has 0 aromatic heterocycles. The number of hydrogen-bond acceptors (Lipinski definition) is 2. The minimum Gasteiger partial charge on any atom is -0.396 e. The van der Waals surface area contributed by atoms with Gasteiger partial charge in [0.15, 0.2) is 0 Å². The molecule has 0 fully saturated rings. The van der Waals surface area contributed by atoms with E-state index in [1.807, 2.05) is 6.07 Å². The van der Waals surface area contributed by atoms with Gasteiger partial charge in [0.2, 0.25) is 0 Å². The fourth-order valence-electron chi connectivity index (χ4n) is 2.24. The largest absolute Gasteiger partial charge is 0.396 e. The molecular weight excluding hydrogens is 246 g/mol. The molecule has 1 rings (SSSR count). The van der Waals surface area contributed by atoms with Gasteiger partial charge in [0.1, 0.15) is 0 Å². The maximum absolute atomic E-state index is 9.72. The molecule has 0 heterocycles. The van der Waals surface area contributed by atoms with E-state index >= 15 is 0 Å². The maximum Gasteiger partial charge on any atom is 0.0488 e. The van der Waals surface area contributed by atoms with Gasteiger partial charge in [0.05, 0.1) is 0 Å². The van der Waals surface area contributed by atoms with Gasteiger partial charge < -0.3 is 10.4 Å². The van der Waals surface area contributed by atoms with Gasteiger partial charge >= 0.3 is 0 Å².